The fourth-order valence-electron chi connectivity index (χ4n) is 4.92. The molecule has 38 heavy (non-hydrogen) atoms. The van der Waals surface area contributed by atoms with Crippen LogP contribution in [0.15, 0.2) is 97.1 Å². The Morgan fingerprint density at radius 1 is 0.553 bits per heavy atom. The van der Waals surface area contributed by atoms with Crippen molar-refractivity contribution in [2.45, 2.75) is 46.0 Å². The van der Waals surface area contributed by atoms with Crippen molar-refractivity contribution in [1.82, 2.24) is 0 Å². The van der Waals surface area contributed by atoms with Crippen molar-refractivity contribution in [3.05, 3.63) is 122 Å². The maximum absolute atomic E-state index is 3.38. The minimum atomic E-state index is 0. The Labute approximate surface area is 256 Å². The minimum absolute atomic E-state index is 0. The molecule has 0 saturated heterocycles. The maximum atomic E-state index is 3.38. The molecule has 0 atom stereocenters. The van der Waals surface area contributed by atoms with Gasteiger partial charge >= 0.3 is 21.7 Å². The molecule has 0 aliphatic carbocycles. The monoisotopic (exact) mass is 574 g/mol. The van der Waals surface area contributed by atoms with E-state index >= 15 is 0 Å². The fourth-order valence-corrected chi connectivity index (χ4v) is 4.92. The summed E-state index contributed by atoms with van der Waals surface area (Å²) in [6, 6.07) is 35.5. The van der Waals surface area contributed by atoms with Gasteiger partial charge in [0.2, 0.25) is 0 Å². The molecule has 0 amide bonds. The summed E-state index contributed by atoms with van der Waals surface area (Å²) in [7, 11) is 0. The van der Waals surface area contributed by atoms with Crippen LogP contribution >= 0.6 is 0 Å². The van der Waals surface area contributed by atoms with Gasteiger partial charge in [-0.2, -0.15) is 12.1 Å². The molecule has 0 heterocycles. The van der Waals surface area contributed by atoms with Crippen LogP contribution in [0.1, 0.15) is 44.2 Å². The van der Waals surface area contributed by atoms with Gasteiger partial charge in [0.1, 0.15) is 0 Å². The zero-order valence-electron chi connectivity index (χ0n) is 22.4. The summed E-state index contributed by atoms with van der Waals surface area (Å²) in [5, 5.41) is 11.0. The van der Waals surface area contributed by atoms with E-state index in [0.717, 1.165) is 6.42 Å². The number of hydrogen-bond donors (Lipinski definition) is 0. The van der Waals surface area contributed by atoms with Crippen LogP contribution in [-0.2, 0) is 34.6 Å². The van der Waals surface area contributed by atoms with Crippen LogP contribution in [0.2, 0.25) is 0 Å². The first-order valence-corrected chi connectivity index (χ1v) is 12.9. The van der Waals surface area contributed by atoms with Crippen molar-refractivity contribution < 1.29 is 46.5 Å². The smallest absolute Gasteiger partial charge is 1.00 e. The SMILES string of the molecule is CCCc1cc2c(ccc3ccccc32)[cH-]1.CCCc1cc2c(ccc3ccccc32)[cH-]1.[CH2-]C[CH2-].[Cl-].[Cl-].[Ti+2]. The second kappa shape index (κ2) is 16.8. The molecule has 0 bridgehead atoms. The van der Waals surface area contributed by atoms with Crippen molar-refractivity contribution >= 4 is 43.1 Å². The largest absolute Gasteiger partial charge is 2.00 e. The van der Waals surface area contributed by atoms with Gasteiger partial charge in [-0.05, 0) is 23.6 Å². The number of benzene rings is 4. The van der Waals surface area contributed by atoms with Crippen molar-refractivity contribution in [1.29, 1.82) is 0 Å². The van der Waals surface area contributed by atoms with E-state index in [9.17, 15) is 0 Å². The summed E-state index contributed by atoms with van der Waals surface area (Å²) in [4.78, 5) is 0. The van der Waals surface area contributed by atoms with Gasteiger partial charge in [0, 0.05) is 0 Å². The van der Waals surface area contributed by atoms with E-state index in [4.69, 9.17) is 0 Å². The molecule has 0 radical (unpaired) electrons. The Balaban J connectivity index is 0.000000322. The van der Waals surface area contributed by atoms with Gasteiger partial charge in [0.15, 0.2) is 0 Å². The molecule has 0 aromatic heterocycles. The predicted molar refractivity (Wildman–Crippen MR) is 157 cm³/mol. The molecule has 0 aliphatic heterocycles. The van der Waals surface area contributed by atoms with Crippen molar-refractivity contribution in [2.24, 2.45) is 0 Å². The number of rotatable bonds is 4. The van der Waals surface area contributed by atoms with E-state index in [-0.39, 0.29) is 46.5 Å². The molecule has 0 fully saturated rings. The summed E-state index contributed by atoms with van der Waals surface area (Å²) < 4.78 is 0. The van der Waals surface area contributed by atoms with Crippen LogP contribution in [0, 0.1) is 13.8 Å². The van der Waals surface area contributed by atoms with Crippen LogP contribution in [0.25, 0.3) is 43.1 Å². The number of fused-ring (bicyclic) bond motifs is 6. The van der Waals surface area contributed by atoms with Crippen LogP contribution in [0.3, 0.4) is 0 Å². The first-order valence-electron chi connectivity index (χ1n) is 12.9. The van der Waals surface area contributed by atoms with Gasteiger partial charge < -0.3 is 45.1 Å². The topological polar surface area (TPSA) is 0 Å². The molecule has 0 nitrogen and oxygen atoms in total. The standard InChI is InChI=1S/2C16H15.C3H6.2ClH.Ti/c2*1-2-5-12-10-14-9-8-13-6-3-4-7-15(13)16(14)11-12;1-3-2;;;/h2*3-4,6-11H,2,5H2,1H3;1-3H2;2*1H;/q2*-1;-2;;;+2/p-2. The normalized spacial score (nSPS) is 10.0. The van der Waals surface area contributed by atoms with Crippen LogP contribution in [-0.4, -0.2) is 0 Å². The fraction of sp³-hybridized carbons (Fsp3) is 0.200. The Bertz CT molecular complexity index is 1410. The van der Waals surface area contributed by atoms with E-state index in [1.54, 1.807) is 0 Å². The van der Waals surface area contributed by atoms with Crippen molar-refractivity contribution in [3.63, 3.8) is 0 Å². The quantitative estimate of drug-likeness (QED) is 0.216. The molecule has 6 aromatic rings. The molecule has 0 unspecified atom stereocenters. The number of hydrogen-bond acceptors (Lipinski definition) is 0. The van der Waals surface area contributed by atoms with E-state index in [1.807, 2.05) is 0 Å². The Kier molecular flexibility index (Phi) is 15.0. The Morgan fingerprint density at radius 2 is 0.921 bits per heavy atom. The Morgan fingerprint density at radius 3 is 1.29 bits per heavy atom. The summed E-state index contributed by atoms with van der Waals surface area (Å²) >= 11 is 0. The van der Waals surface area contributed by atoms with E-state index in [0.29, 0.717) is 0 Å². The third-order valence-corrected chi connectivity index (χ3v) is 6.43. The maximum Gasteiger partial charge on any atom is 2.00 e. The summed E-state index contributed by atoms with van der Waals surface area (Å²) in [5.41, 5.74) is 2.93. The average molecular weight is 575 g/mol. The van der Waals surface area contributed by atoms with Crippen molar-refractivity contribution in [2.75, 3.05) is 0 Å². The third-order valence-electron chi connectivity index (χ3n) is 6.43. The van der Waals surface area contributed by atoms with E-state index in [2.05, 4.69) is 125 Å². The average Bonchev–Trinajstić information content (AvgIpc) is 3.49. The third kappa shape index (κ3) is 7.97. The molecule has 0 saturated carbocycles. The summed E-state index contributed by atoms with van der Waals surface area (Å²) in [6.07, 6.45) is 5.55. The molecular weight excluding hydrogens is 539 g/mol. The van der Waals surface area contributed by atoms with Gasteiger partial charge in [0.25, 0.3) is 0 Å². The van der Waals surface area contributed by atoms with E-state index < -0.39 is 0 Å². The number of halogens is 2. The van der Waals surface area contributed by atoms with Gasteiger partial charge in [-0.3, -0.25) is 0 Å². The van der Waals surface area contributed by atoms with Crippen LogP contribution < -0.4 is 24.8 Å². The first-order chi connectivity index (χ1) is 17.2. The molecule has 0 spiro atoms. The Hall–Kier alpha value is -2.09. The van der Waals surface area contributed by atoms with Crippen LogP contribution in [0.5, 0.6) is 0 Å². The van der Waals surface area contributed by atoms with Gasteiger partial charge in [-0.25, -0.2) is 0 Å². The van der Waals surface area contributed by atoms with E-state index in [1.165, 1.54) is 79.9 Å². The summed E-state index contributed by atoms with van der Waals surface area (Å²) in [6.45, 7) is 11.2. The zero-order valence-corrected chi connectivity index (χ0v) is 25.5. The van der Waals surface area contributed by atoms with Crippen molar-refractivity contribution in [3.8, 4) is 0 Å². The number of aryl methyl sites for hydroxylation is 2. The molecular formula is C35H36Cl2Ti-4. The van der Waals surface area contributed by atoms with Gasteiger partial charge in [-0.1, -0.05) is 98.1 Å². The van der Waals surface area contributed by atoms with Gasteiger partial charge in [0.05, 0.1) is 0 Å². The second-order valence-corrected chi connectivity index (χ2v) is 9.16. The molecule has 198 valence electrons. The zero-order chi connectivity index (χ0) is 24.6. The molecule has 6 rings (SSSR count). The predicted octanol–water partition coefficient (Wildman–Crippen LogP) is 4.38. The molecule has 0 N–H and O–H groups in total. The van der Waals surface area contributed by atoms with Gasteiger partial charge in [-0.15, -0.1) is 56.9 Å². The molecule has 3 heteroatoms. The molecule has 0 aliphatic rings. The summed E-state index contributed by atoms with van der Waals surface area (Å²) in [5.74, 6) is 0. The minimum Gasteiger partial charge on any atom is -1.00 e. The molecule has 6 aromatic carbocycles. The first kappa shape index (κ1) is 33.9. The second-order valence-electron chi connectivity index (χ2n) is 9.16. The van der Waals surface area contributed by atoms with Crippen LogP contribution in [0.4, 0.5) is 0 Å².